The van der Waals surface area contributed by atoms with E-state index in [1.54, 1.807) is 0 Å². The van der Waals surface area contributed by atoms with Crippen LogP contribution < -0.4 is 10.1 Å². The van der Waals surface area contributed by atoms with Crippen molar-refractivity contribution < 1.29 is 17.9 Å². The smallest absolute Gasteiger partial charge is 0.416 e. The molecule has 2 nitrogen and oxygen atoms in total. The molecule has 0 amide bonds. The molecule has 0 saturated carbocycles. The molecule has 1 aromatic carbocycles. The molecule has 0 saturated heterocycles. The molecule has 1 N–H and O–H groups in total. The molecular formula is C11H14F3NO. The fourth-order valence-electron chi connectivity index (χ4n) is 1.15. The number of hydrogen-bond donors (Lipinski definition) is 1. The van der Waals surface area contributed by atoms with Gasteiger partial charge in [0.2, 0.25) is 0 Å². The highest BCUT2D eigenvalue weighted by molar-refractivity contribution is 5.30. The Kier molecular flexibility index (Phi) is 4.61. The summed E-state index contributed by atoms with van der Waals surface area (Å²) in [6.07, 6.45) is -3.37. The van der Waals surface area contributed by atoms with Gasteiger partial charge in [0.15, 0.2) is 0 Å². The van der Waals surface area contributed by atoms with Crippen LogP contribution in [0.15, 0.2) is 24.3 Å². The highest BCUT2D eigenvalue weighted by Crippen LogP contribution is 2.31. The van der Waals surface area contributed by atoms with Gasteiger partial charge in [0, 0.05) is 0 Å². The normalized spacial score (nSPS) is 11.5. The van der Waals surface area contributed by atoms with Crippen LogP contribution in [-0.2, 0) is 6.18 Å². The van der Waals surface area contributed by atoms with Crippen molar-refractivity contribution in [2.45, 2.75) is 19.5 Å². The van der Waals surface area contributed by atoms with Crippen molar-refractivity contribution >= 4 is 0 Å². The van der Waals surface area contributed by atoms with Crippen LogP contribution in [0, 0.1) is 0 Å². The minimum Gasteiger partial charge on any atom is -0.478 e. The van der Waals surface area contributed by atoms with E-state index in [0.717, 1.165) is 25.1 Å². The molecule has 0 atom stereocenters. The van der Waals surface area contributed by atoms with Crippen molar-refractivity contribution in [1.82, 2.24) is 5.32 Å². The summed E-state index contributed by atoms with van der Waals surface area (Å²) in [6, 6.07) is 4.85. The molecule has 0 spiro atoms. The van der Waals surface area contributed by atoms with Gasteiger partial charge in [-0.25, -0.2) is 0 Å². The van der Waals surface area contributed by atoms with E-state index >= 15 is 0 Å². The summed E-state index contributed by atoms with van der Waals surface area (Å²) in [4.78, 5) is 0. The fourth-order valence-corrected chi connectivity index (χ4v) is 1.15. The summed E-state index contributed by atoms with van der Waals surface area (Å²) < 4.78 is 42.2. The van der Waals surface area contributed by atoms with Crippen LogP contribution in [0.1, 0.15) is 18.9 Å². The van der Waals surface area contributed by atoms with Crippen molar-refractivity contribution in [3.8, 4) is 5.75 Å². The molecule has 5 heteroatoms. The number of alkyl halides is 3. The maximum absolute atomic E-state index is 12.3. The van der Waals surface area contributed by atoms with Crippen LogP contribution in [-0.4, -0.2) is 13.3 Å². The molecule has 1 rings (SSSR count). The van der Waals surface area contributed by atoms with Gasteiger partial charge in [0.05, 0.1) is 5.56 Å². The molecule has 0 radical (unpaired) electrons. The van der Waals surface area contributed by atoms with Crippen molar-refractivity contribution in [2.24, 2.45) is 0 Å². The third kappa shape index (κ3) is 4.10. The van der Waals surface area contributed by atoms with Crippen LogP contribution in [0.4, 0.5) is 13.2 Å². The molecule has 0 aliphatic carbocycles. The summed E-state index contributed by atoms with van der Waals surface area (Å²) >= 11 is 0. The molecule has 0 bridgehead atoms. The third-order valence-corrected chi connectivity index (χ3v) is 1.93. The first-order valence-electron chi connectivity index (χ1n) is 5.05. The zero-order valence-electron chi connectivity index (χ0n) is 8.97. The molecule has 16 heavy (non-hydrogen) atoms. The Morgan fingerprint density at radius 2 is 2.06 bits per heavy atom. The van der Waals surface area contributed by atoms with E-state index in [2.05, 4.69) is 5.32 Å². The highest BCUT2D eigenvalue weighted by atomic mass is 19.4. The van der Waals surface area contributed by atoms with Crippen molar-refractivity contribution in [1.29, 1.82) is 0 Å². The highest BCUT2D eigenvalue weighted by Gasteiger charge is 2.30. The van der Waals surface area contributed by atoms with Crippen LogP contribution in [0.25, 0.3) is 0 Å². The minimum atomic E-state index is -4.32. The Morgan fingerprint density at radius 3 is 2.69 bits per heavy atom. The third-order valence-electron chi connectivity index (χ3n) is 1.93. The van der Waals surface area contributed by atoms with Gasteiger partial charge in [-0.1, -0.05) is 13.0 Å². The maximum atomic E-state index is 12.3. The summed E-state index contributed by atoms with van der Waals surface area (Å²) in [5, 5.41) is 2.94. The lowest BCUT2D eigenvalue weighted by molar-refractivity contribution is -0.137. The topological polar surface area (TPSA) is 21.3 Å². The summed E-state index contributed by atoms with van der Waals surface area (Å²) in [5.41, 5.74) is -0.694. The van der Waals surface area contributed by atoms with E-state index in [4.69, 9.17) is 4.74 Å². The summed E-state index contributed by atoms with van der Waals surface area (Å²) in [5.74, 6) is 0.221. The Morgan fingerprint density at radius 1 is 1.31 bits per heavy atom. The van der Waals surface area contributed by atoms with Gasteiger partial charge >= 0.3 is 6.18 Å². The first kappa shape index (κ1) is 12.8. The molecule has 0 aliphatic heterocycles. The second-order valence-corrected chi connectivity index (χ2v) is 3.31. The van der Waals surface area contributed by atoms with Crippen LogP contribution >= 0.6 is 0 Å². The quantitative estimate of drug-likeness (QED) is 0.623. The van der Waals surface area contributed by atoms with Gasteiger partial charge in [-0.2, -0.15) is 13.2 Å². The number of nitrogens with one attached hydrogen (secondary N) is 1. The maximum Gasteiger partial charge on any atom is 0.416 e. The van der Waals surface area contributed by atoms with Gasteiger partial charge in [-0.15, -0.1) is 0 Å². The average molecular weight is 233 g/mol. The lowest BCUT2D eigenvalue weighted by Gasteiger charge is -2.10. The number of benzene rings is 1. The SMILES string of the molecule is CCCNCOc1cccc(C(F)(F)F)c1. The van der Waals surface area contributed by atoms with E-state index in [0.29, 0.717) is 0 Å². The van der Waals surface area contributed by atoms with E-state index in [9.17, 15) is 13.2 Å². The predicted octanol–water partition coefficient (Wildman–Crippen LogP) is 3.04. The standard InChI is InChI=1S/C11H14F3NO/c1-2-6-15-8-16-10-5-3-4-9(7-10)11(12,13)14/h3-5,7,15H,2,6,8H2,1H3. The molecule has 1 aromatic rings. The minimum absolute atomic E-state index is 0.217. The molecule has 0 fully saturated rings. The number of halogens is 3. The molecule has 90 valence electrons. The molecule has 0 heterocycles. The van der Waals surface area contributed by atoms with Gasteiger partial charge in [0.25, 0.3) is 0 Å². The largest absolute Gasteiger partial charge is 0.478 e. The molecule has 0 aliphatic rings. The Balaban J connectivity index is 2.54. The number of rotatable bonds is 5. The molecule has 0 unspecified atom stereocenters. The average Bonchev–Trinajstić information content (AvgIpc) is 2.24. The van der Waals surface area contributed by atoms with Gasteiger partial charge in [0.1, 0.15) is 12.5 Å². The summed E-state index contributed by atoms with van der Waals surface area (Å²) in [6.45, 7) is 2.99. The Labute approximate surface area is 92.4 Å². The second kappa shape index (κ2) is 5.75. The van der Waals surface area contributed by atoms with E-state index < -0.39 is 11.7 Å². The van der Waals surface area contributed by atoms with Crippen LogP contribution in [0.3, 0.4) is 0 Å². The lowest BCUT2D eigenvalue weighted by Crippen LogP contribution is -2.20. The lowest BCUT2D eigenvalue weighted by atomic mass is 10.2. The first-order chi connectivity index (χ1) is 7.54. The second-order valence-electron chi connectivity index (χ2n) is 3.31. The van der Waals surface area contributed by atoms with Gasteiger partial charge < -0.3 is 4.74 Å². The zero-order valence-corrected chi connectivity index (χ0v) is 8.97. The predicted molar refractivity (Wildman–Crippen MR) is 55.2 cm³/mol. The fraction of sp³-hybridized carbons (Fsp3) is 0.455. The monoisotopic (exact) mass is 233 g/mol. The van der Waals surface area contributed by atoms with Crippen LogP contribution in [0.2, 0.25) is 0 Å². The van der Waals surface area contributed by atoms with Crippen molar-refractivity contribution in [3.05, 3.63) is 29.8 Å². The zero-order chi connectivity index (χ0) is 12.0. The Hall–Kier alpha value is -1.23. The van der Waals surface area contributed by atoms with E-state index in [-0.39, 0.29) is 12.5 Å². The number of ether oxygens (including phenoxy) is 1. The molecule has 0 aromatic heterocycles. The van der Waals surface area contributed by atoms with Gasteiger partial charge in [-0.05, 0) is 31.2 Å². The van der Waals surface area contributed by atoms with E-state index in [1.165, 1.54) is 12.1 Å². The first-order valence-corrected chi connectivity index (χ1v) is 5.05. The Bertz CT molecular complexity index is 325. The van der Waals surface area contributed by atoms with Crippen molar-refractivity contribution in [2.75, 3.05) is 13.3 Å². The summed E-state index contributed by atoms with van der Waals surface area (Å²) in [7, 11) is 0. The van der Waals surface area contributed by atoms with E-state index in [1.807, 2.05) is 6.92 Å². The number of hydrogen-bond acceptors (Lipinski definition) is 2. The van der Waals surface area contributed by atoms with Crippen molar-refractivity contribution in [3.63, 3.8) is 0 Å². The molecular weight excluding hydrogens is 219 g/mol. The van der Waals surface area contributed by atoms with Gasteiger partial charge in [-0.3, -0.25) is 5.32 Å². The van der Waals surface area contributed by atoms with Crippen LogP contribution in [0.5, 0.6) is 5.75 Å².